The predicted molar refractivity (Wildman–Crippen MR) is 88.4 cm³/mol. The fraction of sp³-hybridized carbons (Fsp3) is 0.294. The standard InChI is InChI=1S/C17H15N3O7/c1-19-16(25)10-3-2-9(6-11(10)17(19)26)18-12(21)8-27-15(24)7-20-13(22)4-5-14(20)23/h2-3,6H,4-5,7-8H2,1H3,(H,18,21). The van der Waals surface area contributed by atoms with E-state index in [9.17, 15) is 28.8 Å². The molecule has 1 aromatic carbocycles. The molecule has 27 heavy (non-hydrogen) atoms. The third kappa shape index (κ3) is 3.54. The number of benzene rings is 1. The molecule has 0 aliphatic carbocycles. The number of ether oxygens (including phenoxy) is 1. The van der Waals surface area contributed by atoms with Crippen molar-refractivity contribution in [1.82, 2.24) is 9.80 Å². The molecule has 10 nitrogen and oxygen atoms in total. The van der Waals surface area contributed by atoms with Crippen LogP contribution in [0.1, 0.15) is 33.6 Å². The SMILES string of the molecule is CN1C(=O)c2ccc(NC(=O)COC(=O)CN3C(=O)CCC3=O)cc2C1=O. The van der Waals surface area contributed by atoms with Crippen molar-refractivity contribution >= 4 is 41.2 Å². The fourth-order valence-corrected chi connectivity index (χ4v) is 2.76. The van der Waals surface area contributed by atoms with E-state index in [-0.39, 0.29) is 29.7 Å². The normalized spacial score (nSPS) is 16.0. The average molecular weight is 373 g/mol. The van der Waals surface area contributed by atoms with Gasteiger partial charge in [0.05, 0.1) is 11.1 Å². The van der Waals surface area contributed by atoms with E-state index in [0.717, 1.165) is 9.80 Å². The highest BCUT2D eigenvalue weighted by Crippen LogP contribution is 2.24. The predicted octanol–water partition coefficient (Wildman–Crippen LogP) is -0.457. The minimum absolute atomic E-state index is 0.0569. The lowest BCUT2D eigenvalue weighted by molar-refractivity contribution is -0.153. The smallest absolute Gasteiger partial charge is 0.326 e. The Balaban J connectivity index is 1.54. The van der Waals surface area contributed by atoms with Gasteiger partial charge in [-0.3, -0.25) is 38.6 Å². The third-order valence-corrected chi connectivity index (χ3v) is 4.18. The van der Waals surface area contributed by atoms with Crippen LogP contribution in [0.2, 0.25) is 0 Å². The maximum atomic E-state index is 11.9. The maximum Gasteiger partial charge on any atom is 0.326 e. The number of nitrogens with zero attached hydrogens (tertiary/aromatic N) is 2. The summed E-state index contributed by atoms with van der Waals surface area (Å²) in [6.07, 6.45) is 0.114. The molecule has 10 heteroatoms. The Morgan fingerprint density at radius 2 is 1.67 bits per heavy atom. The summed E-state index contributed by atoms with van der Waals surface area (Å²) in [4.78, 5) is 71.9. The van der Waals surface area contributed by atoms with E-state index >= 15 is 0 Å². The van der Waals surface area contributed by atoms with Crippen molar-refractivity contribution in [3.05, 3.63) is 29.3 Å². The highest BCUT2D eigenvalue weighted by Gasteiger charge is 2.33. The molecule has 0 aromatic heterocycles. The van der Waals surface area contributed by atoms with E-state index in [0.29, 0.717) is 0 Å². The molecular formula is C17H15N3O7. The van der Waals surface area contributed by atoms with E-state index in [4.69, 9.17) is 4.74 Å². The van der Waals surface area contributed by atoms with Crippen molar-refractivity contribution in [1.29, 1.82) is 0 Å². The summed E-state index contributed by atoms with van der Waals surface area (Å²) < 4.78 is 4.76. The first kappa shape index (κ1) is 18.2. The van der Waals surface area contributed by atoms with Crippen LogP contribution in [-0.4, -0.2) is 65.5 Å². The van der Waals surface area contributed by atoms with Gasteiger partial charge >= 0.3 is 5.97 Å². The molecule has 0 radical (unpaired) electrons. The molecule has 0 bridgehead atoms. The molecular weight excluding hydrogens is 358 g/mol. The van der Waals surface area contributed by atoms with Gasteiger partial charge in [-0.05, 0) is 18.2 Å². The summed E-state index contributed by atoms with van der Waals surface area (Å²) >= 11 is 0. The topological polar surface area (TPSA) is 130 Å². The first-order chi connectivity index (χ1) is 12.8. The highest BCUT2D eigenvalue weighted by atomic mass is 16.5. The number of rotatable bonds is 5. The Hall–Kier alpha value is -3.56. The van der Waals surface area contributed by atoms with Crippen molar-refractivity contribution in [3.63, 3.8) is 0 Å². The van der Waals surface area contributed by atoms with E-state index in [1.54, 1.807) is 0 Å². The van der Waals surface area contributed by atoms with Crippen LogP contribution in [0, 0.1) is 0 Å². The molecule has 0 spiro atoms. The van der Waals surface area contributed by atoms with Gasteiger partial charge in [0, 0.05) is 25.6 Å². The lowest BCUT2D eigenvalue weighted by Gasteiger charge is -2.12. The Morgan fingerprint density at radius 1 is 1.04 bits per heavy atom. The number of fused-ring (bicyclic) bond motifs is 1. The van der Waals surface area contributed by atoms with Crippen molar-refractivity contribution in [2.75, 3.05) is 25.5 Å². The van der Waals surface area contributed by atoms with E-state index in [1.165, 1.54) is 25.2 Å². The molecule has 0 unspecified atom stereocenters. The first-order valence-electron chi connectivity index (χ1n) is 8.03. The van der Waals surface area contributed by atoms with Crippen LogP contribution in [0.25, 0.3) is 0 Å². The van der Waals surface area contributed by atoms with Crippen LogP contribution in [-0.2, 0) is 23.9 Å². The minimum atomic E-state index is -0.884. The molecule has 2 aliphatic heterocycles. The number of carbonyl (C=O) groups excluding carboxylic acids is 6. The van der Waals surface area contributed by atoms with Crippen LogP contribution >= 0.6 is 0 Å². The van der Waals surface area contributed by atoms with Gasteiger partial charge in [0.15, 0.2) is 6.61 Å². The van der Waals surface area contributed by atoms with Gasteiger partial charge in [0.25, 0.3) is 17.7 Å². The van der Waals surface area contributed by atoms with Crippen molar-refractivity contribution < 1.29 is 33.5 Å². The number of carbonyl (C=O) groups is 6. The van der Waals surface area contributed by atoms with Crippen LogP contribution in [0.5, 0.6) is 0 Å². The second kappa shape index (κ2) is 6.98. The third-order valence-electron chi connectivity index (χ3n) is 4.18. The molecule has 140 valence electrons. The quantitative estimate of drug-likeness (QED) is 0.546. The molecule has 1 fully saturated rings. The molecule has 2 heterocycles. The first-order valence-corrected chi connectivity index (χ1v) is 8.03. The zero-order valence-electron chi connectivity index (χ0n) is 14.3. The monoisotopic (exact) mass is 373 g/mol. The number of hydrogen-bond donors (Lipinski definition) is 1. The molecule has 1 N–H and O–H groups in total. The Bertz CT molecular complexity index is 877. The number of anilines is 1. The van der Waals surface area contributed by atoms with Gasteiger partial charge in [-0.15, -0.1) is 0 Å². The maximum absolute atomic E-state index is 11.9. The average Bonchev–Trinajstić information content (AvgIpc) is 3.06. The van der Waals surface area contributed by atoms with Crippen molar-refractivity contribution in [2.45, 2.75) is 12.8 Å². The number of likely N-dealkylation sites (tertiary alicyclic amines) is 1. The minimum Gasteiger partial charge on any atom is -0.454 e. The van der Waals surface area contributed by atoms with Crippen LogP contribution < -0.4 is 5.32 Å². The number of esters is 1. The molecule has 3 rings (SSSR count). The van der Waals surface area contributed by atoms with Gasteiger partial charge in [0.2, 0.25) is 11.8 Å². The largest absolute Gasteiger partial charge is 0.454 e. The fourth-order valence-electron chi connectivity index (χ4n) is 2.76. The number of amides is 5. The lowest BCUT2D eigenvalue weighted by Crippen LogP contribution is -2.36. The summed E-state index contributed by atoms with van der Waals surface area (Å²) in [6.45, 7) is -1.16. The molecule has 5 amide bonds. The van der Waals surface area contributed by atoms with Gasteiger partial charge < -0.3 is 10.1 Å². The zero-order chi connectivity index (χ0) is 19.7. The lowest BCUT2D eigenvalue weighted by atomic mass is 10.1. The summed E-state index contributed by atoms with van der Waals surface area (Å²) in [5, 5.41) is 2.44. The summed E-state index contributed by atoms with van der Waals surface area (Å²) in [5.41, 5.74) is 0.673. The second-order valence-electron chi connectivity index (χ2n) is 6.01. The Labute approximate surface area is 153 Å². The molecule has 0 saturated carbocycles. The van der Waals surface area contributed by atoms with E-state index in [1.807, 2.05) is 0 Å². The molecule has 0 atom stereocenters. The number of nitrogens with one attached hydrogen (secondary N) is 1. The van der Waals surface area contributed by atoms with Crippen LogP contribution in [0.15, 0.2) is 18.2 Å². The molecule has 1 saturated heterocycles. The molecule has 2 aliphatic rings. The molecule has 1 aromatic rings. The number of imide groups is 2. The summed E-state index contributed by atoms with van der Waals surface area (Å²) in [6, 6.07) is 4.23. The highest BCUT2D eigenvalue weighted by molar-refractivity contribution is 6.21. The van der Waals surface area contributed by atoms with Crippen molar-refractivity contribution in [2.24, 2.45) is 0 Å². The summed E-state index contributed by atoms with van der Waals surface area (Å²) in [7, 11) is 1.36. The van der Waals surface area contributed by atoms with Gasteiger partial charge in [-0.2, -0.15) is 0 Å². The van der Waals surface area contributed by atoms with Gasteiger partial charge in [-0.1, -0.05) is 0 Å². The van der Waals surface area contributed by atoms with Gasteiger partial charge in [0.1, 0.15) is 6.54 Å². The van der Waals surface area contributed by atoms with Crippen LogP contribution in [0.3, 0.4) is 0 Å². The van der Waals surface area contributed by atoms with Crippen LogP contribution in [0.4, 0.5) is 5.69 Å². The number of hydrogen-bond acceptors (Lipinski definition) is 7. The second-order valence-corrected chi connectivity index (χ2v) is 6.01. The van der Waals surface area contributed by atoms with Gasteiger partial charge in [-0.25, -0.2) is 0 Å². The zero-order valence-corrected chi connectivity index (χ0v) is 14.3. The van der Waals surface area contributed by atoms with E-state index < -0.39 is 48.7 Å². The van der Waals surface area contributed by atoms with Crippen molar-refractivity contribution in [3.8, 4) is 0 Å². The Morgan fingerprint density at radius 3 is 2.33 bits per heavy atom. The van der Waals surface area contributed by atoms with E-state index in [2.05, 4.69) is 5.32 Å². The summed E-state index contributed by atoms with van der Waals surface area (Å²) in [5.74, 6) is -3.37. The Kier molecular flexibility index (Phi) is 4.72.